The van der Waals surface area contributed by atoms with Gasteiger partial charge >= 0.3 is 12.0 Å². The van der Waals surface area contributed by atoms with Crippen LogP contribution in [0.15, 0.2) is 0 Å². The van der Waals surface area contributed by atoms with E-state index >= 15 is 0 Å². The molecule has 0 aromatic heterocycles. The fraction of sp³-hybridized carbons (Fsp3) is 0.700. The molecule has 0 aromatic rings. The normalized spacial score (nSPS) is 24.7. The molecule has 0 bridgehead atoms. The minimum Gasteiger partial charge on any atom is -0.480 e. The van der Waals surface area contributed by atoms with Gasteiger partial charge in [-0.25, -0.2) is 9.59 Å². The van der Waals surface area contributed by atoms with Gasteiger partial charge in [0, 0.05) is 18.2 Å². The molecule has 1 rings (SSSR count). The summed E-state index contributed by atoms with van der Waals surface area (Å²) in [5, 5.41) is 11.4. The summed E-state index contributed by atoms with van der Waals surface area (Å²) < 4.78 is 0. The number of rotatable bonds is 4. The van der Waals surface area contributed by atoms with Gasteiger partial charge in [0.2, 0.25) is 5.91 Å². The molecule has 3 atom stereocenters. The lowest BCUT2D eigenvalue weighted by molar-refractivity contribution is -0.141. The summed E-state index contributed by atoms with van der Waals surface area (Å²) in [4.78, 5) is 35.0. The molecule has 102 valence electrons. The van der Waals surface area contributed by atoms with E-state index in [9.17, 15) is 14.4 Å². The van der Waals surface area contributed by atoms with E-state index in [-0.39, 0.29) is 11.8 Å². The zero-order valence-corrected chi connectivity index (χ0v) is 11.1. The molecule has 0 aromatic carbocycles. The number of carboxylic acid groups (broad SMARTS) is 1. The molecule has 1 heterocycles. The van der Waals surface area contributed by atoms with Crippen LogP contribution < -0.4 is 11.1 Å². The fourth-order valence-corrected chi connectivity index (χ4v) is 2.95. The van der Waals surface area contributed by atoms with Crippen molar-refractivity contribution in [2.45, 2.75) is 37.7 Å². The highest BCUT2D eigenvalue weighted by Gasteiger charge is 2.39. The first-order valence-electron chi connectivity index (χ1n) is 5.54. The predicted octanol–water partition coefficient (Wildman–Crippen LogP) is -0.192. The van der Waals surface area contributed by atoms with Crippen LogP contribution in [0.4, 0.5) is 4.79 Å². The van der Waals surface area contributed by atoms with Gasteiger partial charge in [-0.3, -0.25) is 9.69 Å². The quantitative estimate of drug-likeness (QED) is 0.658. The van der Waals surface area contributed by atoms with Gasteiger partial charge in [-0.05, 0) is 13.8 Å². The van der Waals surface area contributed by atoms with Crippen molar-refractivity contribution < 1.29 is 19.5 Å². The van der Waals surface area contributed by atoms with Crippen LogP contribution in [0.5, 0.6) is 0 Å². The SMILES string of the molecule is CC(CC(N)=O)NC(=O)N1C(C)SCC1C(=O)O. The number of carbonyl (C=O) groups is 3. The number of thioether (sulfide) groups is 1. The molecular formula is C10H17N3O4S. The molecule has 1 aliphatic rings. The van der Waals surface area contributed by atoms with Crippen molar-refractivity contribution in [2.24, 2.45) is 5.73 Å². The first-order chi connectivity index (χ1) is 8.32. The highest BCUT2D eigenvalue weighted by molar-refractivity contribution is 8.00. The second-order valence-corrected chi connectivity index (χ2v) is 5.56. The molecule has 1 fully saturated rings. The van der Waals surface area contributed by atoms with Gasteiger partial charge in [0.05, 0.1) is 5.37 Å². The van der Waals surface area contributed by atoms with E-state index in [1.165, 1.54) is 16.7 Å². The number of nitrogens with zero attached hydrogens (tertiary/aromatic N) is 1. The lowest BCUT2D eigenvalue weighted by atomic mass is 10.2. The molecule has 3 unspecified atom stereocenters. The fourth-order valence-electron chi connectivity index (χ4n) is 1.78. The molecule has 18 heavy (non-hydrogen) atoms. The standard InChI is InChI=1S/C10H17N3O4S/c1-5(3-8(11)14)12-10(17)13-6(2)18-4-7(13)9(15)16/h5-7H,3-4H2,1-2H3,(H2,11,14)(H,12,17)(H,15,16). The monoisotopic (exact) mass is 275 g/mol. The number of carbonyl (C=O) groups excluding carboxylic acids is 2. The van der Waals surface area contributed by atoms with Crippen LogP contribution in [-0.2, 0) is 9.59 Å². The molecule has 0 aliphatic carbocycles. The molecule has 3 amide bonds. The Morgan fingerprint density at radius 1 is 1.56 bits per heavy atom. The van der Waals surface area contributed by atoms with Gasteiger partial charge in [-0.2, -0.15) is 0 Å². The van der Waals surface area contributed by atoms with E-state index in [2.05, 4.69) is 5.32 Å². The van der Waals surface area contributed by atoms with E-state index in [4.69, 9.17) is 10.8 Å². The summed E-state index contributed by atoms with van der Waals surface area (Å²) in [5.41, 5.74) is 5.02. The molecule has 4 N–H and O–H groups in total. The lowest BCUT2D eigenvalue weighted by Crippen LogP contribution is -2.51. The molecule has 1 aliphatic heterocycles. The van der Waals surface area contributed by atoms with Gasteiger partial charge < -0.3 is 16.2 Å². The van der Waals surface area contributed by atoms with Crippen LogP contribution >= 0.6 is 11.8 Å². The summed E-state index contributed by atoms with van der Waals surface area (Å²) in [6.45, 7) is 3.41. The van der Waals surface area contributed by atoms with E-state index in [0.29, 0.717) is 5.75 Å². The Morgan fingerprint density at radius 3 is 2.67 bits per heavy atom. The molecule has 7 nitrogen and oxygen atoms in total. The third-order valence-electron chi connectivity index (χ3n) is 2.62. The number of urea groups is 1. The van der Waals surface area contributed by atoms with Crippen molar-refractivity contribution in [3.63, 3.8) is 0 Å². The summed E-state index contributed by atoms with van der Waals surface area (Å²) >= 11 is 1.40. The largest absolute Gasteiger partial charge is 0.480 e. The smallest absolute Gasteiger partial charge is 0.327 e. The minimum absolute atomic E-state index is 0.0266. The average molecular weight is 275 g/mol. The van der Waals surface area contributed by atoms with Gasteiger partial charge in [-0.1, -0.05) is 0 Å². The summed E-state index contributed by atoms with van der Waals surface area (Å²) in [5.74, 6) is -1.17. The van der Waals surface area contributed by atoms with Crippen molar-refractivity contribution in [3.05, 3.63) is 0 Å². The number of primary amides is 1. The maximum Gasteiger partial charge on any atom is 0.327 e. The van der Waals surface area contributed by atoms with Crippen molar-refractivity contribution >= 4 is 29.7 Å². The number of hydrogen-bond acceptors (Lipinski definition) is 4. The Balaban J connectivity index is 2.64. The topological polar surface area (TPSA) is 113 Å². The van der Waals surface area contributed by atoms with Crippen LogP contribution in [0.3, 0.4) is 0 Å². The summed E-state index contributed by atoms with van der Waals surface area (Å²) in [7, 11) is 0. The van der Waals surface area contributed by atoms with E-state index in [0.717, 1.165) is 0 Å². The molecule has 0 radical (unpaired) electrons. The van der Waals surface area contributed by atoms with E-state index < -0.39 is 30.0 Å². The molecule has 0 spiro atoms. The Morgan fingerprint density at radius 2 is 2.17 bits per heavy atom. The van der Waals surface area contributed by atoms with Crippen LogP contribution in [0, 0.1) is 0 Å². The summed E-state index contributed by atoms with van der Waals surface area (Å²) in [6, 6.07) is -1.72. The van der Waals surface area contributed by atoms with Crippen molar-refractivity contribution in [1.29, 1.82) is 0 Å². The van der Waals surface area contributed by atoms with Crippen LogP contribution in [0.1, 0.15) is 20.3 Å². The van der Waals surface area contributed by atoms with E-state index in [1.807, 2.05) is 0 Å². The van der Waals surface area contributed by atoms with Crippen LogP contribution in [-0.4, -0.2) is 51.1 Å². The second-order valence-electron chi connectivity index (χ2n) is 4.21. The van der Waals surface area contributed by atoms with Crippen LogP contribution in [0.2, 0.25) is 0 Å². The minimum atomic E-state index is -1.02. The summed E-state index contributed by atoms with van der Waals surface area (Å²) in [6.07, 6.45) is 0.0266. The number of aliphatic carboxylic acids is 1. The van der Waals surface area contributed by atoms with Crippen molar-refractivity contribution in [3.8, 4) is 0 Å². The maximum absolute atomic E-state index is 11.9. The van der Waals surface area contributed by atoms with Crippen molar-refractivity contribution in [1.82, 2.24) is 10.2 Å². The maximum atomic E-state index is 11.9. The number of carboxylic acids is 1. The van der Waals surface area contributed by atoms with Gasteiger partial charge in [0.25, 0.3) is 0 Å². The Labute approximate surface area is 109 Å². The van der Waals surface area contributed by atoms with Gasteiger partial charge in [-0.15, -0.1) is 11.8 Å². The first kappa shape index (κ1) is 14.6. The molecule has 0 saturated carbocycles. The molecular weight excluding hydrogens is 258 g/mol. The highest BCUT2D eigenvalue weighted by atomic mass is 32.2. The van der Waals surface area contributed by atoms with E-state index in [1.54, 1.807) is 13.8 Å². The molecule has 1 saturated heterocycles. The second kappa shape index (κ2) is 5.94. The van der Waals surface area contributed by atoms with Gasteiger partial charge in [0.1, 0.15) is 6.04 Å². The Hall–Kier alpha value is -1.44. The zero-order chi connectivity index (χ0) is 13.9. The first-order valence-corrected chi connectivity index (χ1v) is 6.59. The third-order valence-corrected chi connectivity index (χ3v) is 3.84. The van der Waals surface area contributed by atoms with Crippen LogP contribution in [0.25, 0.3) is 0 Å². The number of nitrogens with one attached hydrogen (secondary N) is 1. The third kappa shape index (κ3) is 3.52. The Bertz CT molecular complexity index is 363. The van der Waals surface area contributed by atoms with Gasteiger partial charge in [0.15, 0.2) is 0 Å². The zero-order valence-electron chi connectivity index (χ0n) is 10.3. The van der Waals surface area contributed by atoms with Crippen molar-refractivity contribution in [2.75, 3.05) is 5.75 Å². The average Bonchev–Trinajstić information content (AvgIpc) is 2.58. The number of amides is 3. The number of nitrogens with two attached hydrogens (primary N) is 1. The lowest BCUT2D eigenvalue weighted by Gasteiger charge is -2.26. The Kier molecular flexibility index (Phi) is 4.83. The number of hydrogen-bond donors (Lipinski definition) is 3. The predicted molar refractivity (Wildman–Crippen MR) is 67.0 cm³/mol. The molecule has 8 heteroatoms. The highest BCUT2D eigenvalue weighted by Crippen LogP contribution is 2.28.